The Labute approximate surface area is 249 Å². The molecule has 1 N–H and O–H groups in total. The molecule has 0 bridgehead atoms. The van der Waals surface area contributed by atoms with Gasteiger partial charge in [-0.15, -0.1) is 0 Å². The van der Waals surface area contributed by atoms with E-state index in [1.54, 1.807) is 36.4 Å². The van der Waals surface area contributed by atoms with Crippen molar-refractivity contribution in [3.8, 4) is 5.75 Å². The van der Waals surface area contributed by atoms with Gasteiger partial charge in [-0.25, -0.2) is 8.42 Å². The van der Waals surface area contributed by atoms with E-state index in [9.17, 15) is 18.0 Å². The Morgan fingerprint density at radius 1 is 0.952 bits per heavy atom. The van der Waals surface area contributed by atoms with Crippen LogP contribution in [-0.2, 0) is 26.2 Å². The molecular formula is C33H41N3O5S. The molecule has 1 fully saturated rings. The summed E-state index contributed by atoms with van der Waals surface area (Å²) < 4.78 is 34.5. The summed E-state index contributed by atoms with van der Waals surface area (Å²) in [4.78, 5) is 29.4. The van der Waals surface area contributed by atoms with E-state index < -0.39 is 28.5 Å². The van der Waals surface area contributed by atoms with Gasteiger partial charge in [0.25, 0.3) is 10.0 Å². The number of hydrogen-bond acceptors (Lipinski definition) is 5. The summed E-state index contributed by atoms with van der Waals surface area (Å²) in [6, 6.07) is 21.9. The van der Waals surface area contributed by atoms with Crippen molar-refractivity contribution < 1.29 is 22.7 Å². The summed E-state index contributed by atoms with van der Waals surface area (Å²) in [5, 5.41) is 3.17. The maximum Gasteiger partial charge on any atom is 0.264 e. The molecule has 0 saturated heterocycles. The largest absolute Gasteiger partial charge is 0.497 e. The number of nitrogens with one attached hydrogen (secondary N) is 1. The van der Waals surface area contributed by atoms with Crippen LogP contribution in [0.5, 0.6) is 5.75 Å². The number of carbonyl (C=O) groups is 2. The van der Waals surface area contributed by atoms with Crippen molar-refractivity contribution in [1.29, 1.82) is 0 Å². The van der Waals surface area contributed by atoms with E-state index in [1.165, 1.54) is 24.1 Å². The van der Waals surface area contributed by atoms with Gasteiger partial charge >= 0.3 is 0 Å². The van der Waals surface area contributed by atoms with Crippen molar-refractivity contribution in [2.75, 3.05) is 18.0 Å². The first-order chi connectivity index (χ1) is 20.2. The molecule has 1 aliphatic rings. The first-order valence-corrected chi connectivity index (χ1v) is 16.0. The van der Waals surface area contributed by atoms with E-state index in [2.05, 4.69) is 5.32 Å². The number of hydrogen-bond donors (Lipinski definition) is 1. The van der Waals surface area contributed by atoms with E-state index in [1.807, 2.05) is 44.2 Å². The summed E-state index contributed by atoms with van der Waals surface area (Å²) in [6.45, 7) is 3.44. The van der Waals surface area contributed by atoms with Crippen molar-refractivity contribution in [2.45, 2.75) is 75.9 Å². The van der Waals surface area contributed by atoms with Crippen LogP contribution in [0.2, 0.25) is 0 Å². The maximum atomic E-state index is 14.2. The van der Waals surface area contributed by atoms with E-state index in [4.69, 9.17) is 4.74 Å². The van der Waals surface area contributed by atoms with Crippen molar-refractivity contribution >= 4 is 27.5 Å². The van der Waals surface area contributed by atoms with Gasteiger partial charge in [0.1, 0.15) is 18.3 Å². The molecule has 1 atom stereocenters. The molecular weight excluding hydrogens is 550 g/mol. The summed E-state index contributed by atoms with van der Waals surface area (Å²) in [5.41, 5.74) is 2.06. The zero-order valence-corrected chi connectivity index (χ0v) is 25.5. The van der Waals surface area contributed by atoms with Crippen molar-refractivity contribution in [3.63, 3.8) is 0 Å². The first kappa shape index (κ1) is 31.1. The summed E-state index contributed by atoms with van der Waals surface area (Å²) >= 11 is 0. The van der Waals surface area contributed by atoms with Gasteiger partial charge in [-0.05, 0) is 56.0 Å². The monoisotopic (exact) mass is 591 g/mol. The number of aryl methyl sites for hydroxylation is 1. The van der Waals surface area contributed by atoms with Gasteiger partial charge in [-0.3, -0.25) is 13.9 Å². The topological polar surface area (TPSA) is 96.0 Å². The minimum atomic E-state index is -4.14. The second-order valence-electron chi connectivity index (χ2n) is 10.8. The van der Waals surface area contributed by atoms with Crippen LogP contribution in [-0.4, -0.2) is 50.9 Å². The molecule has 3 aromatic carbocycles. The van der Waals surface area contributed by atoms with Gasteiger partial charge < -0.3 is 15.0 Å². The lowest BCUT2D eigenvalue weighted by Gasteiger charge is -2.34. The second kappa shape index (κ2) is 14.4. The fourth-order valence-electron chi connectivity index (χ4n) is 5.38. The lowest BCUT2D eigenvalue weighted by Crippen LogP contribution is -2.54. The molecule has 8 nitrogen and oxygen atoms in total. The van der Waals surface area contributed by atoms with Gasteiger partial charge in [0.05, 0.1) is 17.7 Å². The van der Waals surface area contributed by atoms with Gasteiger partial charge in [-0.2, -0.15) is 0 Å². The van der Waals surface area contributed by atoms with Crippen molar-refractivity contribution in [1.82, 2.24) is 10.2 Å². The molecule has 2 amide bonds. The maximum absolute atomic E-state index is 14.2. The van der Waals surface area contributed by atoms with Gasteiger partial charge in [0.2, 0.25) is 11.8 Å². The van der Waals surface area contributed by atoms with E-state index in [-0.39, 0.29) is 23.4 Å². The summed E-state index contributed by atoms with van der Waals surface area (Å²) in [7, 11) is -2.64. The number of sulfonamides is 1. The van der Waals surface area contributed by atoms with Crippen LogP contribution < -0.4 is 14.4 Å². The van der Waals surface area contributed by atoms with Crippen LogP contribution in [0.4, 0.5) is 5.69 Å². The third-order valence-electron chi connectivity index (χ3n) is 7.76. The average Bonchev–Trinajstić information content (AvgIpc) is 3.00. The number of rotatable bonds is 12. The molecule has 9 heteroatoms. The molecule has 1 saturated carbocycles. The quantitative estimate of drug-likeness (QED) is 0.302. The van der Waals surface area contributed by atoms with Crippen LogP contribution in [0.3, 0.4) is 0 Å². The lowest BCUT2D eigenvalue weighted by atomic mass is 9.95. The van der Waals surface area contributed by atoms with Crippen LogP contribution in [0, 0.1) is 6.92 Å². The van der Waals surface area contributed by atoms with Crippen LogP contribution in [0.1, 0.15) is 56.6 Å². The Morgan fingerprint density at radius 2 is 1.64 bits per heavy atom. The summed E-state index contributed by atoms with van der Waals surface area (Å²) in [6.07, 6.45) is 5.54. The van der Waals surface area contributed by atoms with E-state index in [0.717, 1.165) is 47.5 Å². The highest BCUT2D eigenvalue weighted by molar-refractivity contribution is 7.92. The van der Waals surface area contributed by atoms with Gasteiger partial charge in [-0.1, -0.05) is 80.3 Å². The molecule has 3 aromatic rings. The highest BCUT2D eigenvalue weighted by Gasteiger charge is 2.34. The number of carbonyl (C=O) groups excluding carboxylic acids is 2. The molecule has 1 aliphatic carbocycles. The van der Waals surface area contributed by atoms with Gasteiger partial charge in [0.15, 0.2) is 0 Å². The average molecular weight is 592 g/mol. The third kappa shape index (κ3) is 7.70. The van der Waals surface area contributed by atoms with E-state index in [0.29, 0.717) is 17.9 Å². The highest BCUT2D eigenvalue weighted by Crippen LogP contribution is 2.28. The predicted molar refractivity (Wildman–Crippen MR) is 165 cm³/mol. The molecule has 0 aliphatic heterocycles. The molecule has 0 aromatic heterocycles. The molecule has 42 heavy (non-hydrogen) atoms. The fourth-order valence-corrected chi connectivity index (χ4v) is 6.78. The minimum Gasteiger partial charge on any atom is -0.497 e. The summed E-state index contributed by atoms with van der Waals surface area (Å²) in [5.74, 6) is -0.213. The Balaban J connectivity index is 1.70. The fraction of sp³-hybridized carbons (Fsp3) is 0.394. The SMILES string of the molecule is CCC(C(=O)NC1CCCCC1)N(Cc1ccccc1)C(=O)CN(c1cccc(OC)c1)S(=O)(=O)c1ccc(C)cc1. The lowest BCUT2D eigenvalue weighted by molar-refractivity contribution is -0.140. The Kier molecular flexibility index (Phi) is 10.6. The number of methoxy groups -OCH3 is 1. The van der Waals surface area contributed by atoms with Crippen LogP contribution in [0.15, 0.2) is 83.8 Å². The molecule has 0 radical (unpaired) electrons. The third-order valence-corrected chi connectivity index (χ3v) is 9.55. The predicted octanol–water partition coefficient (Wildman–Crippen LogP) is 5.46. The Bertz CT molecular complexity index is 1440. The highest BCUT2D eigenvalue weighted by atomic mass is 32.2. The number of amides is 2. The van der Waals surface area contributed by atoms with Crippen molar-refractivity contribution in [3.05, 3.63) is 90.0 Å². The zero-order valence-electron chi connectivity index (χ0n) is 24.7. The Hall–Kier alpha value is -3.85. The standard InChI is InChI=1S/C33H41N3O5S/c1-4-31(33(38)34-27-14-9-6-10-15-27)35(23-26-12-7-5-8-13-26)32(37)24-36(28-16-11-17-29(22-28)41-3)42(39,40)30-20-18-25(2)19-21-30/h5,7-8,11-13,16-22,27,31H,4,6,9-10,14-15,23-24H2,1-3H3,(H,34,38). The van der Waals surface area contributed by atoms with Crippen LogP contribution in [0.25, 0.3) is 0 Å². The minimum absolute atomic E-state index is 0.0698. The first-order valence-electron chi connectivity index (χ1n) is 14.6. The number of anilines is 1. The van der Waals surface area contributed by atoms with Crippen molar-refractivity contribution in [2.24, 2.45) is 0 Å². The normalized spacial score (nSPS) is 14.5. The number of nitrogens with zero attached hydrogens (tertiary/aromatic N) is 2. The zero-order chi connectivity index (χ0) is 30.1. The Morgan fingerprint density at radius 3 is 2.29 bits per heavy atom. The molecule has 4 rings (SSSR count). The van der Waals surface area contributed by atoms with Gasteiger partial charge in [0, 0.05) is 18.7 Å². The number of benzene rings is 3. The molecule has 0 heterocycles. The molecule has 0 spiro atoms. The second-order valence-corrected chi connectivity index (χ2v) is 12.7. The smallest absolute Gasteiger partial charge is 0.264 e. The number of ether oxygens (including phenoxy) is 1. The molecule has 224 valence electrons. The van der Waals surface area contributed by atoms with Crippen LogP contribution >= 0.6 is 0 Å². The molecule has 1 unspecified atom stereocenters. The van der Waals surface area contributed by atoms with E-state index >= 15 is 0 Å².